The van der Waals surface area contributed by atoms with Crippen LogP contribution >= 0.6 is 0 Å². The maximum atomic E-state index is 13.0. The second-order valence-electron chi connectivity index (χ2n) is 7.95. The number of carbonyl (C=O) groups excluding carboxylic acids is 3. The van der Waals surface area contributed by atoms with Gasteiger partial charge in [0.1, 0.15) is 12.1 Å². The number of amides is 4. The van der Waals surface area contributed by atoms with Crippen molar-refractivity contribution in [1.82, 2.24) is 15.5 Å². The van der Waals surface area contributed by atoms with Crippen LogP contribution in [0.4, 0.5) is 4.79 Å². The number of benzene rings is 1. The molecule has 3 atom stereocenters. The van der Waals surface area contributed by atoms with E-state index >= 15 is 0 Å². The first kappa shape index (κ1) is 18.6. The topological polar surface area (TPSA) is 97.0 Å². The van der Waals surface area contributed by atoms with E-state index in [-0.39, 0.29) is 25.3 Å². The molecule has 1 saturated heterocycles. The van der Waals surface area contributed by atoms with Gasteiger partial charge in [0.2, 0.25) is 12.7 Å². The molecule has 8 heteroatoms. The third kappa shape index (κ3) is 3.16. The van der Waals surface area contributed by atoms with E-state index < -0.39 is 17.5 Å². The summed E-state index contributed by atoms with van der Waals surface area (Å²) in [5.74, 6) is 0.769. The van der Waals surface area contributed by atoms with E-state index in [9.17, 15) is 14.4 Å². The predicted octanol–water partition coefficient (Wildman–Crippen LogP) is 1.88. The van der Waals surface area contributed by atoms with Crippen LogP contribution in [0.1, 0.15) is 45.1 Å². The van der Waals surface area contributed by atoms with Crippen molar-refractivity contribution in [2.75, 3.05) is 13.3 Å². The van der Waals surface area contributed by atoms with Crippen molar-refractivity contribution in [2.45, 2.75) is 51.1 Å². The van der Waals surface area contributed by atoms with Crippen molar-refractivity contribution in [2.24, 2.45) is 5.92 Å². The van der Waals surface area contributed by atoms with Crippen molar-refractivity contribution in [3.8, 4) is 11.5 Å². The summed E-state index contributed by atoms with van der Waals surface area (Å²) in [6, 6.07) is 4.65. The number of carbonyl (C=O) groups is 3. The van der Waals surface area contributed by atoms with E-state index in [0.29, 0.717) is 23.0 Å². The molecule has 28 heavy (non-hydrogen) atoms. The fourth-order valence-electron chi connectivity index (χ4n) is 4.17. The number of nitrogens with one attached hydrogen (secondary N) is 2. The van der Waals surface area contributed by atoms with Crippen LogP contribution < -0.4 is 20.1 Å². The van der Waals surface area contributed by atoms with E-state index in [1.165, 1.54) is 6.42 Å². The lowest BCUT2D eigenvalue weighted by atomic mass is 9.86. The molecule has 3 aliphatic rings. The fourth-order valence-corrected chi connectivity index (χ4v) is 4.17. The van der Waals surface area contributed by atoms with Crippen LogP contribution in [0.25, 0.3) is 0 Å². The Morgan fingerprint density at radius 2 is 2.00 bits per heavy atom. The maximum absolute atomic E-state index is 13.0. The van der Waals surface area contributed by atoms with Gasteiger partial charge in [-0.25, -0.2) is 4.79 Å². The summed E-state index contributed by atoms with van der Waals surface area (Å²) in [6.07, 6.45) is 4.27. The second-order valence-corrected chi connectivity index (χ2v) is 7.95. The van der Waals surface area contributed by atoms with E-state index in [4.69, 9.17) is 9.47 Å². The van der Waals surface area contributed by atoms with E-state index in [1.807, 2.05) is 0 Å². The highest BCUT2D eigenvalue weighted by Gasteiger charge is 2.50. The molecule has 0 bridgehead atoms. The first-order chi connectivity index (χ1) is 13.4. The van der Waals surface area contributed by atoms with Gasteiger partial charge in [-0.15, -0.1) is 0 Å². The molecule has 0 aromatic heterocycles. The summed E-state index contributed by atoms with van der Waals surface area (Å²) in [7, 11) is 0. The average Bonchev–Trinajstić information content (AvgIpc) is 3.22. The standard InChI is InChI=1S/C20H25N3O5/c1-12-5-3-4-6-14(12)21-17(24)10-23-18(25)20(2,22-19(23)26)13-7-8-15-16(9-13)28-11-27-15/h7-9,12,14H,3-6,10-11H2,1-2H3,(H,21,24)(H,22,26)/t12-,14+,20+/m0/s1. The highest BCUT2D eigenvalue weighted by atomic mass is 16.7. The van der Waals surface area contributed by atoms with Crippen LogP contribution in [0.3, 0.4) is 0 Å². The summed E-state index contributed by atoms with van der Waals surface area (Å²) < 4.78 is 10.7. The Hall–Kier alpha value is -2.77. The fraction of sp³-hybridized carbons (Fsp3) is 0.550. The number of hydrogen-bond donors (Lipinski definition) is 2. The lowest BCUT2D eigenvalue weighted by Gasteiger charge is -2.30. The Morgan fingerprint density at radius 3 is 2.79 bits per heavy atom. The smallest absolute Gasteiger partial charge is 0.325 e. The van der Waals surface area contributed by atoms with Gasteiger partial charge in [0.25, 0.3) is 5.91 Å². The minimum atomic E-state index is -1.25. The summed E-state index contributed by atoms with van der Waals surface area (Å²) >= 11 is 0. The molecule has 0 radical (unpaired) electrons. The maximum Gasteiger partial charge on any atom is 0.325 e. The van der Waals surface area contributed by atoms with Gasteiger partial charge in [0.15, 0.2) is 11.5 Å². The van der Waals surface area contributed by atoms with Crippen LogP contribution in [0, 0.1) is 5.92 Å². The number of imide groups is 1. The molecular formula is C20H25N3O5. The molecule has 2 fully saturated rings. The minimum Gasteiger partial charge on any atom is -0.454 e. The highest BCUT2D eigenvalue weighted by Crippen LogP contribution is 2.37. The van der Waals surface area contributed by atoms with Crippen LogP contribution in [0.2, 0.25) is 0 Å². The molecule has 1 aliphatic carbocycles. The summed E-state index contributed by atoms with van der Waals surface area (Å²) in [6.45, 7) is 3.59. The molecule has 1 aromatic rings. The Morgan fingerprint density at radius 1 is 1.25 bits per heavy atom. The van der Waals surface area contributed by atoms with Gasteiger partial charge in [-0.1, -0.05) is 25.8 Å². The average molecular weight is 387 g/mol. The molecule has 4 amide bonds. The largest absolute Gasteiger partial charge is 0.454 e. The Balaban J connectivity index is 1.47. The second kappa shape index (κ2) is 7.00. The summed E-state index contributed by atoms with van der Waals surface area (Å²) in [5, 5.41) is 5.70. The van der Waals surface area contributed by atoms with Crippen LogP contribution in [-0.2, 0) is 15.1 Å². The van der Waals surface area contributed by atoms with Crippen molar-refractivity contribution < 1.29 is 23.9 Å². The molecule has 2 N–H and O–H groups in total. The van der Waals surface area contributed by atoms with Crippen LogP contribution in [-0.4, -0.2) is 42.1 Å². The molecule has 8 nitrogen and oxygen atoms in total. The number of urea groups is 1. The number of rotatable bonds is 4. The summed E-state index contributed by atoms with van der Waals surface area (Å²) in [5.41, 5.74) is -0.671. The van der Waals surface area contributed by atoms with Crippen molar-refractivity contribution >= 4 is 17.8 Å². The minimum absolute atomic E-state index is 0.0993. The van der Waals surface area contributed by atoms with Crippen molar-refractivity contribution in [3.63, 3.8) is 0 Å². The third-order valence-corrected chi connectivity index (χ3v) is 5.98. The summed E-state index contributed by atoms with van der Waals surface area (Å²) in [4.78, 5) is 38.9. The molecule has 1 saturated carbocycles. The number of nitrogens with zero attached hydrogens (tertiary/aromatic N) is 1. The zero-order valence-electron chi connectivity index (χ0n) is 16.1. The van der Waals surface area contributed by atoms with Crippen LogP contribution in [0.15, 0.2) is 18.2 Å². The van der Waals surface area contributed by atoms with Crippen molar-refractivity contribution in [1.29, 1.82) is 0 Å². The van der Waals surface area contributed by atoms with Gasteiger partial charge >= 0.3 is 6.03 Å². The Bertz CT molecular complexity index is 826. The SMILES string of the molecule is C[C@H]1CCCC[C@H]1NC(=O)CN1C(=O)N[C@](C)(c2ccc3c(c2)OCO3)C1=O. The molecular weight excluding hydrogens is 362 g/mol. The molecule has 1 aromatic carbocycles. The first-order valence-electron chi connectivity index (χ1n) is 9.72. The lowest BCUT2D eigenvalue weighted by molar-refractivity contribution is -0.135. The Labute approximate surface area is 163 Å². The molecule has 2 heterocycles. The van der Waals surface area contributed by atoms with Crippen molar-refractivity contribution in [3.05, 3.63) is 23.8 Å². The van der Waals surface area contributed by atoms with Gasteiger partial charge in [-0.3, -0.25) is 14.5 Å². The number of hydrogen-bond acceptors (Lipinski definition) is 5. The van der Waals surface area contributed by atoms with Gasteiger partial charge in [0, 0.05) is 6.04 Å². The third-order valence-electron chi connectivity index (χ3n) is 5.98. The van der Waals surface area contributed by atoms with E-state index in [0.717, 1.165) is 24.2 Å². The molecule has 150 valence electrons. The molecule has 0 unspecified atom stereocenters. The Kier molecular flexibility index (Phi) is 4.64. The number of fused-ring (bicyclic) bond motifs is 1. The van der Waals surface area contributed by atoms with E-state index in [2.05, 4.69) is 17.6 Å². The zero-order chi connectivity index (χ0) is 19.9. The predicted molar refractivity (Wildman–Crippen MR) is 99.7 cm³/mol. The molecule has 0 spiro atoms. The van der Waals surface area contributed by atoms with Gasteiger partial charge in [-0.05, 0) is 43.4 Å². The van der Waals surface area contributed by atoms with Gasteiger partial charge < -0.3 is 20.1 Å². The quantitative estimate of drug-likeness (QED) is 0.769. The molecule has 4 rings (SSSR count). The van der Waals surface area contributed by atoms with Gasteiger partial charge in [-0.2, -0.15) is 0 Å². The highest BCUT2D eigenvalue weighted by molar-refractivity contribution is 6.09. The van der Waals surface area contributed by atoms with Crippen LogP contribution in [0.5, 0.6) is 11.5 Å². The number of ether oxygens (including phenoxy) is 2. The van der Waals surface area contributed by atoms with E-state index in [1.54, 1.807) is 25.1 Å². The first-order valence-corrected chi connectivity index (χ1v) is 9.72. The lowest BCUT2D eigenvalue weighted by Crippen LogP contribution is -2.47. The molecule has 2 aliphatic heterocycles. The van der Waals surface area contributed by atoms with Gasteiger partial charge in [0.05, 0.1) is 0 Å². The monoisotopic (exact) mass is 387 g/mol. The normalized spacial score (nSPS) is 29.0. The zero-order valence-corrected chi connectivity index (χ0v) is 16.1.